The monoisotopic (exact) mass is 322 g/mol. The van der Waals surface area contributed by atoms with Crippen LogP contribution in [0, 0.1) is 12.7 Å². The Morgan fingerprint density at radius 3 is 2.58 bits per heavy atom. The summed E-state index contributed by atoms with van der Waals surface area (Å²) >= 11 is 3.26. The normalized spacial score (nSPS) is 10.3. The summed E-state index contributed by atoms with van der Waals surface area (Å²) in [6.45, 7) is 1.86. The van der Waals surface area contributed by atoms with E-state index in [1.54, 1.807) is 25.3 Å². The summed E-state index contributed by atoms with van der Waals surface area (Å²) in [6, 6.07) is 9.20. The van der Waals surface area contributed by atoms with Crippen LogP contribution in [-0.4, -0.2) is 12.9 Å². The zero-order valence-electron chi connectivity index (χ0n) is 10.5. The second-order valence-corrected chi connectivity index (χ2v) is 4.99. The first kappa shape index (κ1) is 13.7. The highest BCUT2D eigenvalue weighted by atomic mass is 79.9. The molecule has 0 aliphatic heterocycles. The van der Waals surface area contributed by atoms with E-state index in [-0.39, 0.29) is 5.78 Å². The maximum absolute atomic E-state index is 13.2. The third-order valence-electron chi connectivity index (χ3n) is 2.83. The molecule has 4 heteroatoms. The van der Waals surface area contributed by atoms with E-state index in [1.165, 1.54) is 18.2 Å². The summed E-state index contributed by atoms with van der Waals surface area (Å²) in [4.78, 5) is 12.3. The van der Waals surface area contributed by atoms with Gasteiger partial charge in [0.25, 0.3) is 0 Å². The lowest BCUT2D eigenvalue weighted by Crippen LogP contribution is -2.04. The van der Waals surface area contributed by atoms with E-state index in [1.807, 2.05) is 6.92 Å². The first-order valence-electron chi connectivity index (χ1n) is 5.67. The fourth-order valence-electron chi connectivity index (χ4n) is 1.85. The van der Waals surface area contributed by atoms with Gasteiger partial charge < -0.3 is 4.74 Å². The van der Waals surface area contributed by atoms with Crippen molar-refractivity contribution in [1.29, 1.82) is 0 Å². The molecule has 0 N–H and O–H groups in total. The molecule has 0 radical (unpaired) electrons. The molecule has 0 heterocycles. The van der Waals surface area contributed by atoms with Crippen molar-refractivity contribution in [2.75, 3.05) is 7.11 Å². The van der Waals surface area contributed by atoms with E-state index in [4.69, 9.17) is 4.74 Å². The van der Waals surface area contributed by atoms with E-state index in [0.29, 0.717) is 15.6 Å². The summed E-state index contributed by atoms with van der Waals surface area (Å²) in [5, 5.41) is 0. The lowest BCUT2D eigenvalue weighted by atomic mass is 10.0. The Morgan fingerprint density at radius 1 is 1.21 bits per heavy atom. The van der Waals surface area contributed by atoms with Crippen LogP contribution >= 0.6 is 15.9 Å². The second kappa shape index (κ2) is 5.53. The number of ether oxygens (including phenoxy) is 1. The molecule has 0 aromatic heterocycles. The molecule has 0 unspecified atom stereocenters. The van der Waals surface area contributed by atoms with Crippen molar-refractivity contribution in [1.82, 2.24) is 0 Å². The number of carbonyl (C=O) groups excluding carboxylic acids is 1. The molecule has 0 atom stereocenters. The van der Waals surface area contributed by atoms with Crippen LogP contribution in [0.2, 0.25) is 0 Å². The molecule has 2 nitrogen and oxygen atoms in total. The van der Waals surface area contributed by atoms with Crippen molar-refractivity contribution < 1.29 is 13.9 Å². The summed E-state index contributed by atoms with van der Waals surface area (Å²) in [5.74, 6) is 0.0590. The van der Waals surface area contributed by atoms with Crippen LogP contribution in [0.25, 0.3) is 0 Å². The Balaban J connectivity index is 2.44. The lowest BCUT2D eigenvalue weighted by molar-refractivity contribution is 0.103. The third-order valence-corrected chi connectivity index (χ3v) is 3.52. The standard InChI is InChI=1S/C15H12BrFO2/c1-9-7-10(3-6-14(9)19-2)15(18)12-8-11(17)4-5-13(12)16/h3-8H,1-2H3. The van der Waals surface area contributed by atoms with Crippen molar-refractivity contribution in [3.05, 3.63) is 63.4 Å². The number of hydrogen-bond donors (Lipinski definition) is 0. The zero-order chi connectivity index (χ0) is 14.0. The zero-order valence-corrected chi connectivity index (χ0v) is 12.1. The topological polar surface area (TPSA) is 26.3 Å². The van der Waals surface area contributed by atoms with Crippen molar-refractivity contribution in [2.24, 2.45) is 0 Å². The van der Waals surface area contributed by atoms with Crippen LogP contribution in [0.15, 0.2) is 40.9 Å². The van der Waals surface area contributed by atoms with Crippen LogP contribution in [0.3, 0.4) is 0 Å². The number of hydrogen-bond acceptors (Lipinski definition) is 2. The van der Waals surface area contributed by atoms with Gasteiger partial charge in [-0.15, -0.1) is 0 Å². The van der Waals surface area contributed by atoms with Crippen LogP contribution in [0.1, 0.15) is 21.5 Å². The first-order valence-corrected chi connectivity index (χ1v) is 6.46. The Bertz CT molecular complexity index is 638. The number of benzene rings is 2. The van der Waals surface area contributed by atoms with Gasteiger partial charge in [-0.25, -0.2) is 4.39 Å². The second-order valence-electron chi connectivity index (χ2n) is 4.14. The third kappa shape index (κ3) is 2.84. The Kier molecular flexibility index (Phi) is 4.00. The molecule has 2 aromatic rings. The van der Waals surface area contributed by atoms with Gasteiger partial charge in [0.2, 0.25) is 0 Å². The molecule has 0 amide bonds. The van der Waals surface area contributed by atoms with E-state index < -0.39 is 5.82 Å². The molecule has 0 saturated carbocycles. The van der Waals surface area contributed by atoms with Crippen molar-refractivity contribution in [2.45, 2.75) is 6.92 Å². The van der Waals surface area contributed by atoms with Gasteiger partial charge in [0.05, 0.1) is 7.11 Å². The fraction of sp³-hybridized carbons (Fsp3) is 0.133. The average molecular weight is 323 g/mol. The van der Waals surface area contributed by atoms with Gasteiger partial charge in [-0.3, -0.25) is 4.79 Å². The van der Waals surface area contributed by atoms with Crippen molar-refractivity contribution >= 4 is 21.7 Å². The number of rotatable bonds is 3. The predicted octanol–water partition coefficient (Wildman–Crippen LogP) is 4.14. The number of aryl methyl sites for hydroxylation is 1. The lowest BCUT2D eigenvalue weighted by Gasteiger charge is -2.08. The van der Waals surface area contributed by atoms with Gasteiger partial charge in [-0.1, -0.05) is 15.9 Å². The summed E-state index contributed by atoms with van der Waals surface area (Å²) in [7, 11) is 1.58. The Morgan fingerprint density at radius 2 is 1.95 bits per heavy atom. The molecular weight excluding hydrogens is 311 g/mol. The van der Waals surface area contributed by atoms with Crippen molar-refractivity contribution in [3.63, 3.8) is 0 Å². The molecule has 19 heavy (non-hydrogen) atoms. The van der Waals surface area contributed by atoms with Gasteiger partial charge >= 0.3 is 0 Å². The first-order chi connectivity index (χ1) is 9.02. The minimum Gasteiger partial charge on any atom is -0.496 e. The highest BCUT2D eigenvalue weighted by Crippen LogP contribution is 2.24. The predicted molar refractivity (Wildman–Crippen MR) is 75.3 cm³/mol. The fourth-order valence-corrected chi connectivity index (χ4v) is 2.27. The van der Waals surface area contributed by atoms with Crippen LogP contribution in [0.5, 0.6) is 5.75 Å². The van der Waals surface area contributed by atoms with E-state index in [2.05, 4.69) is 15.9 Å². The van der Waals surface area contributed by atoms with Crippen LogP contribution in [0.4, 0.5) is 4.39 Å². The molecule has 0 saturated heterocycles. The quantitative estimate of drug-likeness (QED) is 0.794. The van der Waals surface area contributed by atoms with E-state index in [0.717, 1.165) is 11.3 Å². The van der Waals surface area contributed by atoms with Crippen molar-refractivity contribution in [3.8, 4) is 5.75 Å². The highest BCUT2D eigenvalue weighted by Gasteiger charge is 2.14. The van der Waals surface area contributed by atoms with Gasteiger partial charge in [-0.2, -0.15) is 0 Å². The molecule has 2 rings (SSSR count). The maximum atomic E-state index is 13.2. The van der Waals surface area contributed by atoms with E-state index >= 15 is 0 Å². The van der Waals surface area contributed by atoms with Crippen LogP contribution in [-0.2, 0) is 0 Å². The maximum Gasteiger partial charge on any atom is 0.194 e. The average Bonchev–Trinajstić information content (AvgIpc) is 2.40. The Labute approximate surface area is 119 Å². The molecule has 0 fully saturated rings. The van der Waals surface area contributed by atoms with Gasteiger partial charge in [0.15, 0.2) is 5.78 Å². The summed E-state index contributed by atoms with van der Waals surface area (Å²) < 4.78 is 19.0. The minimum absolute atomic E-state index is 0.225. The Hall–Kier alpha value is -1.68. The SMILES string of the molecule is COc1ccc(C(=O)c2cc(F)ccc2Br)cc1C. The molecule has 0 bridgehead atoms. The number of halogens is 2. The van der Waals surface area contributed by atoms with Gasteiger partial charge in [0, 0.05) is 15.6 Å². The minimum atomic E-state index is -0.434. The highest BCUT2D eigenvalue weighted by molar-refractivity contribution is 9.10. The molecule has 2 aromatic carbocycles. The molecule has 0 spiro atoms. The summed E-state index contributed by atoms with van der Waals surface area (Å²) in [6.07, 6.45) is 0. The number of methoxy groups -OCH3 is 1. The summed E-state index contributed by atoms with van der Waals surface area (Å²) in [5.41, 5.74) is 1.68. The molecule has 0 aliphatic rings. The van der Waals surface area contributed by atoms with Gasteiger partial charge in [-0.05, 0) is 48.9 Å². The molecule has 0 aliphatic carbocycles. The van der Waals surface area contributed by atoms with Crippen LogP contribution < -0.4 is 4.74 Å². The van der Waals surface area contributed by atoms with Gasteiger partial charge in [0.1, 0.15) is 11.6 Å². The molecule has 98 valence electrons. The smallest absolute Gasteiger partial charge is 0.194 e. The number of carbonyl (C=O) groups is 1. The largest absolute Gasteiger partial charge is 0.496 e. The molecular formula is C15H12BrFO2. The number of ketones is 1. The van der Waals surface area contributed by atoms with E-state index in [9.17, 15) is 9.18 Å².